The minimum absolute atomic E-state index is 0.0495. The predicted molar refractivity (Wildman–Crippen MR) is 127 cm³/mol. The maximum Gasteiger partial charge on any atom is 0.411 e. The normalized spacial score (nSPS) is 16.3. The summed E-state index contributed by atoms with van der Waals surface area (Å²) in [4.78, 5) is 38.1. The van der Waals surface area contributed by atoms with Crippen molar-refractivity contribution in [1.82, 2.24) is 4.90 Å². The first-order valence-corrected chi connectivity index (χ1v) is 11.2. The number of fused-ring (bicyclic) bond motifs is 3. The molecule has 1 saturated heterocycles. The quantitative estimate of drug-likeness (QED) is 0.582. The molecule has 7 heteroatoms. The summed E-state index contributed by atoms with van der Waals surface area (Å²) in [5.74, 6) is -1.41. The third kappa shape index (κ3) is 3.69. The van der Waals surface area contributed by atoms with Gasteiger partial charge in [-0.25, -0.2) is 9.59 Å². The lowest BCUT2D eigenvalue weighted by Crippen LogP contribution is -2.55. The molecular formula is C27H24N2O5. The molecule has 0 spiro atoms. The molecule has 7 nitrogen and oxygen atoms in total. The number of amides is 2. The van der Waals surface area contributed by atoms with Crippen molar-refractivity contribution in [3.05, 3.63) is 89.0 Å². The zero-order chi connectivity index (χ0) is 23.8. The maximum absolute atomic E-state index is 12.9. The van der Waals surface area contributed by atoms with Gasteiger partial charge in [0.2, 0.25) is 0 Å². The molecule has 1 heterocycles. The van der Waals surface area contributed by atoms with E-state index >= 15 is 0 Å². The van der Waals surface area contributed by atoms with Crippen LogP contribution < -0.4 is 5.32 Å². The second-order valence-corrected chi connectivity index (χ2v) is 8.57. The lowest BCUT2D eigenvalue weighted by molar-refractivity contribution is -0.146. The van der Waals surface area contributed by atoms with Crippen LogP contribution >= 0.6 is 0 Å². The van der Waals surface area contributed by atoms with E-state index < -0.39 is 18.1 Å². The van der Waals surface area contributed by atoms with E-state index in [1.165, 1.54) is 4.90 Å². The molecule has 1 aliphatic carbocycles. The van der Waals surface area contributed by atoms with Crippen LogP contribution in [0, 0.1) is 6.92 Å². The summed E-state index contributed by atoms with van der Waals surface area (Å²) in [6, 6.07) is 20.4. The molecule has 2 N–H and O–H groups in total. The second-order valence-electron chi connectivity index (χ2n) is 8.57. The van der Waals surface area contributed by atoms with E-state index in [2.05, 4.69) is 29.6 Å². The van der Waals surface area contributed by atoms with E-state index in [0.29, 0.717) is 29.8 Å². The number of carbonyl (C=O) groups is 3. The van der Waals surface area contributed by atoms with Crippen LogP contribution in [0.5, 0.6) is 0 Å². The average molecular weight is 456 g/mol. The van der Waals surface area contributed by atoms with E-state index in [4.69, 9.17) is 4.74 Å². The molecule has 2 aliphatic rings. The van der Waals surface area contributed by atoms with E-state index in [0.717, 1.165) is 22.3 Å². The molecule has 3 aromatic rings. The van der Waals surface area contributed by atoms with Crippen molar-refractivity contribution in [2.45, 2.75) is 25.3 Å². The highest BCUT2D eigenvalue weighted by Gasteiger charge is 2.38. The topological polar surface area (TPSA) is 95.9 Å². The predicted octanol–water partition coefficient (Wildman–Crippen LogP) is 4.66. The van der Waals surface area contributed by atoms with Gasteiger partial charge in [0.25, 0.3) is 5.91 Å². The number of ether oxygens (including phenoxy) is 1. The van der Waals surface area contributed by atoms with Gasteiger partial charge in [0.15, 0.2) is 0 Å². The van der Waals surface area contributed by atoms with Gasteiger partial charge in [-0.2, -0.15) is 0 Å². The van der Waals surface area contributed by atoms with Crippen LogP contribution in [0.1, 0.15) is 39.4 Å². The molecule has 1 aliphatic heterocycles. The average Bonchev–Trinajstić information content (AvgIpc) is 3.11. The highest BCUT2D eigenvalue weighted by atomic mass is 16.5. The van der Waals surface area contributed by atoms with Crippen molar-refractivity contribution < 1.29 is 24.2 Å². The number of hydrogen-bond donors (Lipinski definition) is 2. The Bertz CT molecular complexity index is 1260. The molecule has 3 aromatic carbocycles. The molecule has 0 radical (unpaired) electrons. The Labute approximate surface area is 197 Å². The number of carboxylic acids is 1. The van der Waals surface area contributed by atoms with Gasteiger partial charge in [-0.15, -0.1) is 0 Å². The van der Waals surface area contributed by atoms with Gasteiger partial charge in [0, 0.05) is 23.7 Å². The monoisotopic (exact) mass is 456 g/mol. The lowest BCUT2D eigenvalue weighted by atomic mass is 9.98. The number of anilines is 1. The Morgan fingerprint density at radius 2 is 1.62 bits per heavy atom. The summed E-state index contributed by atoms with van der Waals surface area (Å²) >= 11 is 0. The summed E-state index contributed by atoms with van der Waals surface area (Å²) in [6.07, 6.45) is -0.167. The Kier molecular flexibility index (Phi) is 5.53. The molecule has 0 saturated carbocycles. The lowest BCUT2D eigenvalue weighted by Gasteiger charge is -2.38. The molecule has 0 bridgehead atoms. The number of nitrogens with zero attached hydrogens (tertiary/aromatic N) is 1. The fraction of sp³-hybridized carbons (Fsp3) is 0.222. The van der Waals surface area contributed by atoms with Gasteiger partial charge in [-0.05, 0) is 53.3 Å². The summed E-state index contributed by atoms with van der Waals surface area (Å²) in [5, 5.41) is 12.0. The molecule has 1 unspecified atom stereocenters. The van der Waals surface area contributed by atoms with Crippen molar-refractivity contribution in [1.29, 1.82) is 0 Å². The van der Waals surface area contributed by atoms with Crippen LogP contribution in [0.3, 0.4) is 0 Å². The van der Waals surface area contributed by atoms with Crippen LogP contribution in [0.4, 0.5) is 10.5 Å². The Balaban J connectivity index is 1.28. The Morgan fingerprint density at radius 1 is 0.971 bits per heavy atom. The zero-order valence-electron chi connectivity index (χ0n) is 18.7. The number of hydrogen-bond acceptors (Lipinski definition) is 4. The fourth-order valence-corrected chi connectivity index (χ4v) is 4.79. The number of rotatable bonds is 5. The standard InChI is InChI=1S/C27H24N2O5/c1-16-17(25(30)29-14-13-24(29)26(31)32)11-6-12-23(16)28-27(33)34-15-22-20-9-4-2-7-18(20)19-8-3-5-10-21(19)22/h2-12,22,24H,13-15H2,1H3,(H,28,33)(H,31,32). The van der Waals surface area contributed by atoms with Gasteiger partial charge in [-0.3, -0.25) is 10.1 Å². The number of likely N-dealkylation sites (tertiary alicyclic amines) is 1. The SMILES string of the molecule is Cc1c(NC(=O)OCC2c3ccccc3-c3ccccc32)cccc1C(=O)N1CCC1C(=O)O. The van der Waals surface area contributed by atoms with Crippen molar-refractivity contribution in [2.24, 2.45) is 0 Å². The first-order valence-electron chi connectivity index (χ1n) is 11.2. The number of benzene rings is 3. The second kappa shape index (κ2) is 8.67. The van der Waals surface area contributed by atoms with Crippen LogP contribution in [0.25, 0.3) is 11.1 Å². The summed E-state index contributed by atoms with van der Waals surface area (Å²) in [7, 11) is 0. The third-order valence-corrected chi connectivity index (χ3v) is 6.71. The fourth-order valence-electron chi connectivity index (χ4n) is 4.79. The number of nitrogens with one attached hydrogen (secondary N) is 1. The molecule has 1 fully saturated rings. The molecule has 5 rings (SSSR count). The summed E-state index contributed by atoms with van der Waals surface area (Å²) in [5.41, 5.74) is 5.94. The Morgan fingerprint density at radius 3 is 2.21 bits per heavy atom. The van der Waals surface area contributed by atoms with Gasteiger partial charge in [0.1, 0.15) is 12.6 Å². The molecule has 172 valence electrons. The van der Waals surface area contributed by atoms with Gasteiger partial charge < -0.3 is 14.7 Å². The van der Waals surface area contributed by atoms with E-state index in [1.54, 1.807) is 25.1 Å². The van der Waals surface area contributed by atoms with Crippen molar-refractivity contribution >= 4 is 23.7 Å². The minimum Gasteiger partial charge on any atom is -0.480 e. The van der Waals surface area contributed by atoms with Crippen molar-refractivity contribution in [3.8, 4) is 11.1 Å². The van der Waals surface area contributed by atoms with Crippen LogP contribution in [0.2, 0.25) is 0 Å². The smallest absolute Gasteiger partial charge is 0.411 e. The van der Waals surface area contributed by atoms with Crippen LogP contribution in [-0.2, 0) is 9.53 Å². The highest BCUT2D eigenvalue weighted by molar-refractivity contribution is 6.00. The molecule has 1 atom stereocenters. The highest BCUT2D eigenvalue weighted by Crippen LogP contribution is 2.44. The summed E-state index contributed by atoms with van der Waals surface area (Å²) in [6.45, 7) is 2.31. The van der Waals surface area contributed by atoms with E-state index in [1.807, 2.05) is 24.3 Å². The number of carboxylic acid groups (broad SMARTS) is 1. The van der Waals surface area contributed by atoms with Crippen molar-refractivity contribution in [2.75, 3.05) is 18.5 Å². The van der Waals surface area contributed by atoms with Gasteiger partial charge in [0.05, 0.1) is 0 Å². The largest absolute Gasteiger partial charge is 0.480 e. The molecule has 0 aromatic heterocycles. The van der Waals surface area contributed by atoms with E-state index in [9.17, 15) is 19.5 Å². The number of aliphatic carboxylic acids is 1. The van der Waals surface area contributed by atoms with E-state index in [-0.39, 0.29) is 18.4 Å². The van der Waals surface area contributed by atoms with Gasteiger partial charge in [-0.1, -0.05) is 54.6 Å². The zero-order valence-corrected chi connectivity index (χ0v) is 18.7. The molecular weight excluding hydrogens is 432 g/mol. The van der Waals surface area contributed by atoms with Crippen molar-refractivity contribution in [3.63, 3.8) is 0 Å². The van der Waals surface area contributed by atoms with Crippen LogP contribution in [-0.4, -0.2) is 47.2 Å². The van der Waals surface area contributed by atoms with Crippen LogP contribution in [0.15, 0.2) is 66.7 Å². The van der Waals surface area contributed by atoms with Gasteiger partial charge >= 0.3 is 12.1 Å². The Hall–Kier alpha value is -4.13. The minimum atomic E-state index is -1.01. The summed E-state index contributed by atoms with van der Waals surface area (Å²) < 4.78 is 5.60. The first-order chi connectivity index (χ1) is 16.5. The maximum atomic E-state index is 12.9. The third-order valence-electron chi connectivity index (χ3n) is 6.71. The first kappa shape index (κ1) is 21.7. The molecule has 34 heavy (non-hydrogen) atoms. The molecule has 2 amide bonds. The number of carbonyl (C=O) groups excluding carboxylic acids is 2.